The second kappa shape index (κ2) is 7.66. The summed E-state index contributed by atoms with van der Waals surface area (Å²) in [5, 5.41) is 4.07. The van der Waals surface area contributed by atoms with Crippen LogP contribution in [0.3, 0.4) is 0 Å². The molecule has 2 nitrogen and oxygen atoms in total. The second-order valence-electron chi connectivity index (χ2n) is 4.05. The smallest absolute Gasteiger partial charge is 0.0717 e. The highest BCUT2D eigenvalue weighted by Crippen LogP contribution is 2.10. The maximum atomic E-state index is 5.80. The Morgan fingerprint density at radius 2 is 2.00 bits per heavy atom. The lowest BCUT2D eigenvalue weighted by molar-refractivity contribution is 0.0920. The number of ether oxygens (including phenoxy) is 1. The van der Waals surface area contributed by atoms with Crippen LogP contribution in [0, 0.1) is 5.92 Å². The van der Waals surface area contributed by atoms with Gasteiger partial charge in [0.2, 0.25) is 0 Å². The van der Waals surface area contributed by atoms with Crippen molar-refractivity contribution in [1.29, 1.82) is 0 Å². The molecule has 16 heavy (non-hydrogen) atoms. The van der Waals surface area contributed by atoms with E-state index in [9.17, 15) is 0 Å². The highest BCUT2D eigenvalue weighted by Gasteiger charge is 2.01. The van der Waals surface area contributed by atoms with Gasteiger partial charge < -0.3 is 10.1 Å². The standard InChI is InChI=1S/C13H20ClNO/c1-3-15-8-11(2)9-16-10-12-4-6-13(14)7-5-12/h4-7,11,15H,3,8-10H2,1-2H3. The molecule has 0 aromatic heterocycles. The van der Waals surface area contributed by atoms with Crippen LogP contribution in [0.5, 0.6) is 0 Å². The van der Waals surface area contributed by atoms with Crippen molar-refractivity contribution in [2.75, 3.05) is 19.7 Å². The summed E-state index contributed by atoms with van der Waals surface area (Å²) in [6.07, 6.45) is 0. The van der Waals surface area contributed by atoms with E-state index in [4.69, 9.17) is 16.3 Å². The van der Waals surface area contributed by atoms with Gasteiger partial charge in [0.25, 0.3) is 0 Å². The van der Waals surface area contributed by atoms with Gasteiger partial charge in [-0.25, -0.2) is 0 Å². The molecular weight excluding hydrogens is 222 g/mol. The Morgan fingerprint density at radius 1 is 1.31 bits per heavy atom. The van der Waals surface area contributed by atoms with E-state index in [0.717, 1.165) is 24.7 Å². The predicted octanol–water partition coefficient (Wildman–Crippen LogP) is 3.10. The van der Waals surface area contributed by atoms with Crippen LogP contribution in [-0.4, -0.2) is 19.7 Å². The number of halogens is 1. The Labute approximate surface area is 103 Å². The number of hydrogen-bond acceptors (Lipinski definition) is 2. The molecule has 0 radical (unpaired) electrons. The van der Waals surface area contributed by atoms with Crippen LogP contribution in [0.4, 0.5) is 0 Å². The number of rotatable bonds is 7. The van der Waals surface area contributed by atoms with E-state index in [-0.39, 0.29) is 0 Å². The molecule has 1 unspecified atom stereocenters. The summed E-state index contributed by atoms with van der Waals surface area (Å²) in [7, 11) is 0. The van der Waals surface area contributed by atoms with Crippen molar-refractivity contribution in [3.8, 4) is 0 Å². The van der Waals surface area contributed by atoms with Gasteiger partial charge in [0, 0.05) is 5.02 Å². The molecule has 3 heteroatoms. The van der Waals surface area contributed by atoms with Gasteiger partial charge in [0.1, 0.15) is 0 Å². The first-order valence-corrected chi connectivity index (χ1v) is 6.13. The normalized spacial score (nSPS) is 12.7. The quantitative estimate of drug-likeness (QED) is 0.792. The first-order chi connectivity index (χ1) is 7.72. The van der Waals surface area contributed by atoms with Gasteiger partial charge >= 0.3 is 0 Å². The minimum Gasteiger partial charge on any atom is -0.376 e. The van der Waals surface area contributed by atoms with E-state index in [1.165, 1.54) is 5.56 Å². The average Bonchev–Trinajstić information content (AvgIpc) is 2.29. The highest BCUT2D eigenvalue weighted by molar-refractivity contribution is 6.30. The van der Waals surface area contributed by atoms with E-state index >= 15 is 0 Å². The van der Waals surface area contributed by atoms with Crippen molar-refractivity contribution < 1.29 is 4.74 Å². The summed E-state index contributed by atoms with van der Waals surface area (Å²) in [6.45, 7) is 7.77. The lowest BCUT2D eigenvalue weighted by Crippen LogP contribution is -2.23. The lowest BCUT2D eigenvalue weighted by Gasteiger charge is -2.12. The molecule has 1 atom stereocenters. The molecule has 0 aliphatic heterocycles. The topological polar surface area (TPSA) is 21.3 Å². The fraction of sp³-hybridized carbons (Fsp3) is 0.538. The fourth-order valence-electron chi connectivity index (χ4n) is 1.41. The van der Waals surface area contributed by atoms with Gasteiger partial charge in [0.05, 0.1) is 13.2 Å². The third-order valence-corrected chi connectivity index (χ3v) is 2.58. The Kier molecular flexibility index (Phi) is 6.46. The molecule has 1 N–H and O–H groups in total. The average molecular weight is 242 g/mol. The summed E-state index contributed by atoms with van der Waals surface area (Å²) in [5.74, 6) is 0.548. The Balaban J connectivity index is 2.17. The van der Waals surface area contributed by atoms with Crippen molar-refractivity contribution in [3.05, 3.63) is 34.9 Å². The third-order valence-electron chi connectivity index (χ3n) is 2.33. The summed E-state index contributed by atoms with van der Waals surface area (Å²) >= 11 is 5.80. The molecular formula is C13H20ClNO. The van der Waals surface area contributed by atoms with E-state index in [0.29, 0.717) is 12.5 Å². The molecule has 0 saturated carbocycles. The van der Waals surface area contributed by atoms with E-state index in [2.05, 4.69) is 19.2 Å². The Hall–Kier alpha value is -0.570. The highest BCUT2D eigenvalue weighted by atomic mass is 35.5. The SMILES string of the molecule is CCNCC(C)COCc1ccc(Cl)cc1. The first-order valence-electron chi connectivity index (χ1n) is 5.75. The molecule has 0 heterocycles. The van der Waals surface area contributed by atoms with Gasteiger partial charge in [-0.1, -0.05) is 37.6 Å². The van der Waals surface area contributed by atoms with Gasteiger partial charge in [-0.2, -0.15) is 0 Å². The van der Waals surface area contributed by atoms with Crippen LogP contribution < -0.4 is 5.32 Å². The largest absolute Gasteiger partial charge is 0.376 e. The molecule has 1 aromatic carbocycles. The summed E-state index contributed by atoms with van der Waals surface area (Å²) in [4.78, 5) is 0. The molecule has 1 aromatic rings. The zero-order valence-corrected chi connectivity index (χ0v) is 10.8. The monoisotopic (exact) mass is 241 g/mol. The zero-order chi connectivity index (χ0) is 11.8. The van der Waals surface area contributed by atoms with Gasteiger partial charge in [0.15, 0.2) is 0 Å². The summed E-state index contributed by atoms with van der Waals surface area (Å²) < 4.78 is 5.64. The van der Waals surface area contributed by atoms with Crippen LogP contribution in [0.2, 0.25) is 5.02 Å². The molecule has 0 fully saturated rings. The molecule has 0 saturated heterocycles. The van der Waals surface area contributed by atoms with Crippen molar-refractivity contribution >= 4 is 11.6 Å². The van der Waals surface area contributed by atoms with Crippen molar-refractivity contribution in [2.24, 2.45) is 5.92 Å². The van der Waals surface area contributed by atoms with Crippen LogP contribution in [0.1, 0.15) is 19.4 Å². The van der Waals surface area contributed by atoms with Crippen molar-refractivity contribution in [3.63, 3.8) is 0 Å². The van der Waals surface area contributed by atoms with Crippen LogP contribution in [0.25, 0.3) is 0 Å². The molecule has 0 aliphatic rings. The van der Waals surface area contributed by atoms with Crippen LogP contribution >= 0.6 is 11.6 Å². The van der Waals surface area contributed by atoms with Gasteiger partial charge in [-0.15, -0.1) is 0 Å². The van der Waals surface area contributed by atoms with Crippen molar-refractivity contribution in [1.82, 2.24) is 5.32 Å². The number of nitrogens with one attached hydrogen (secondary N) is 1. The van der Waals surface area contributed by atoms with Crippen molar-refractivity contribution in [2.45, 2.75) is 20.5 Å². The van der Waals surface area contributed by atoms with Gasteiger partial charge in [-0.3, -0.25) is 0 Å². The molecule has 0 amide bonds. The molecule has 0 bridgehead atoms. The summed E-state index contributed by atoms with van der Waals surface area (Å²) in [5.41, 5.74) is 1.17. The third kappa shape index (κ3) is 5.50. The van der Waals surface area contributed by atoms with E-state index in [1.807, 2.05) is 24.3 Å². The first kappa shape index (κ1) is 13.5. The van der Waals surface area contributed by atoms with E-state index < -0.39 is 0 Å². The van der Waals surface area contributed by atoms with Crippen LogP contribution in [-0.2, 0) is 11.3 Å². The minimum absolute atomic E-state index is 0.548. The van der Waals surface area contributed by atoms with E-state index in [1.54, 1.807) is 0 Å². The minimum atomic E-state index is 0.548. The Bertz CT molecular complexity index is 286. The Morgan fingerprint density at radius 3 is 2.62 bits per heavy atom. The van der Waals surface area contributed by atoms with Gasteiger partial charge in [-0.05, 0) is 36.7 Å². The molecule has 0 aliphatic carbocycles. The van der Waals surface area contributed by atoms with Crippen LogP contribution in [0.15, 0.2) is 24.3 Å². The maximum absolute atomic E-state index is 5.80. The molecule has 0 spiro atoms. The second-order valence-corrected chi connectivity index (χ2v) is 4.49. The molecule has 90 valence electrons. The predicted molar refractivity (Wildman–Crippen MR) is 68.8 cm³/mol. The molecule has 1 rings (SSSR count). The maximum Gasteiger partial charge on any atom is 0.0717 e. The number of benzene rings is 1. The fourth-order valence-corrected chi connectivity index (χ4v) is 1.53. The lowest BCUT2D eigenvalue weighted by atomic mass is 10.2. The zero-order valence-electron chi connectivity index (χ0n) is 10.0. The number of hydrogen-bond donors (Lipinski definition) is 1. The summed E-state index contributed by atoms with van der Waals surface area (Å²) in [6, 6.07) is 7.78.